The van der Waals surface area contributed by atoms with Gasteiger partial charge in [-0.05, 0) is 50.1 Å². The monoisotopic (exact) mass is 381 g/mol. The van der Waals surface area contributed by atoms with Crippen molar-refractivity contribution in [1.29, 1.82) is 0 Å². The lowest BCUT2D eigenvalue weighted by atomic mass is 9.90. The topological polar surface area (TPSA) is 54.8 Å². The molecule has 1 aromatic heterocycles. The highest BCUT2D eigenvalue weighted by Gasteiger charge is 2.34. The Hall–Kier alpha value is -2.92. The molecule has 2 aromatic rings. The van der Waals surface area contributed by atoms with Crippen LogP contribution in [-0.2, 0) is 9.53 Å². The zero-order valence-electron chi connectivity index (χ0n) is 15.7. The summed E-state index contributed by atoms with van der Waals surface area (Å²) in [6.45, 7) is 5.56. The summed E-state index contributed by atoms with van der Waals surface area (Å²) in [4.78, 5) is 17.0. The molecule has 0 radical (unpaired) electrons. The van der Waals surface area contributed by atoms with Crippen molar-refractivity contribution in [2.45, 2.75) is 20.8 Å². The first-order chi connectivity index (χ1) is 13.0. The fourth-order valence-electron chi connectivity index (χ4n) is 3.24. The number of nitrogens with zero attached hydrogens (tertiary/aromatic N) is 3. The van der Waals surface area contributed by atoms with Crippen molar-refractivity contribution >= 4 is 35.1 Å². The Morgan fingerprint density at radius 1 is 1.30 bits per heavy atom. The molecule has 27 heavy (non-hydrogen) atoms. The first-order valence-electron chi connectivity index (χ1n) is 8.53. The van der Waals surface area contributed by atoms with Crippen molar-refractivity contribution < 1.29 is 9.53 Å². The van der Waals surface area contributed by atoms with E-state index in [1.807, 2.05) is 50.3 Å². The van der Waals surface area contributed by atoms with Crippen molar-refractivity contribution in [2.24, 2.45) is 5.10 Å². The molecule has 6 heteroatoms. The molecule has 0 atom stereocenters. The van der Waals surface area contributed by atoms with Crippen LogP contribution in [0.2, 0.25) is 5.02 Å². The molecule has 1 aromatic carbocycles. The fourth-order valence-corrected chi connectivity index (χ4v) is 3.43. The van der Waals surface area contributed by atoms with Crippen LogP contribution < -0.4 is 0 Å². The number of hydrogen-bond acceptors (Lipinski definition) is 5. The van der Waals surface area contributed by atoms with E-state index in [2.05, 4.69) is 10.1 Å². The largest absolute Gasteiger partial charge is 0.464 e. The fraction of sp³-hybridized carbons (Fsp3) is 0.190. The van der Waals surface area contributed by atoms with Crippen LogP contribution in [0.5, 0.6) is 0 Å². The number of pyridine rings is 1. The average Bonchev–Trinajstić information content (AvgIpc) is 2.68. The molecule has 0 saturated carbocycles. The molecule has 0 bridgehead atoms. The second kappa shape index (κ2) is 7.76. The number of halogens is 1. The summed E-state index contributed by atoms with van der Waals surface area (Å²) >= 11 is 6.20. The van der Waals surface area contributed by atoms with Gasteiger partial charge in [0.1, 0.15) is 0 Å². The molecule has 0 saturated heterocycles. The summed E-state index contributed by atoms with van der Waals surface area (Å²) in [5.41, 5.74) is 5.38. The maximum Gasteiger partial charge on any atom is 0.357 e. The molecule has 1 aliphatic heterocycles. The third-order valence-electron chi connectivity index (χ3n) is 4.38. The zero-order chi connectivity index (χ0) is 19.6. The minimum atomic E-state index is -0.460. The van der Waals surface area contributed by atoms with E-state index in [0.717, 1.165) is 28.1 Å². The summed E-state index contributed by atoms with van der Waals surface area (Å²) in [5, 5.41) is 6.68. The normalized spacial score (nSPS) is 15.4. The third-order valence-corrected chi connectivity index (χ3v) is 4.61. The number of carbonyl (C=O) groups is 1. The van der Waals surface area contributed by atoms with Gasteiger partial charge in [0.15, 0.2) is 5.70 Å². The maximum atomic E-state index is 12.5. The Bertz CT molecular complexity index is 993. The number of allylic oxidation sites excluding steroid dienone is 2. The van der Waals surface area contributed by atoms with Crippen LogP contribution in [0.3, 0.4) is 0 Å². The molecular formula is C21H20ClN3O2. The van der Waals surface area contributed by atoms with E-state index >= 15 is 0 Å². The molecule has 0 fully saturated rings. The van der Waals surface area contributed by atoms with Gasteiger partial charge in [-0.2, -0.15) is 5.10 Å². The highest BCUT2D eigenvalue weighted by atomic mass is 35.5. The Kier molecular flexibility index (Phi) is 5.42. The zero-order valence-corrected chi connectivity index (χ0v) is 16.4. The minimum absolute atomic E-state index is 0.354. The number of rotatable bonds is 3. The molecule has 3 rings (SSSR count). The lowest BCUT2D eigenvalue weighted by Crippen LogP contribution is -2.28. The summed E-state index contributed by atoms with van der Waals surface area (Å²) < 4.78 is 4.99. The van der Waals surface area contributed by atoms with Crippen LogP contribution in [0.4, 0.5) is 0 Å². The van der Waals surface area contributed by atoms with Gasteiger partial charge in [0.2, 0.25) is 0 Å². The van der Waals surface area contributed by atoms with Gasteiger partial charge in [-0.1, -0.05) is 29.8 Å². The van der Waals surface area contributed by atoms with Gasteiger partial charge in [-0.15, -0.1) is 0 Å². The molecule has 5 nitrogen and oxygen atoms in total. The van der Waals surface area contributed by atoms with E-state index in [0.29, 0.717) is 16.3 Å². The standard InChI is InChI=1S/C21H20ClN3O2/c1-5-17-18-16(14-8-7-9-15(22)12-14)10-11-23-19(18)13(3)20(21(26)27-4)25(17)24-6-2/h5-12H,1-4H3/b17-5+,24-6-. The van der Waals surface area contributed by atoms with Gasteiger partial charge >= 0.3 is 5.97 Å². The number of hydrazone groups is 1. The Morgan fingerprint density at radius 3 is 2.70 bits per heavy atom. The van der Waals surface area contributed by atoms with Gasteiger partial charge in [0.05, 0.1) is 18.5 Å². The van der Waals surface area contributed by atoms with Crippen LogP contribution in [0.25, 0.3) is 22.4 Å². The summed E-state index contributed by atoms with van der Waals surface area (Å²) in [6.07, 6.45) is 5.29. The number of carbonyl (C=O) groups excluding carboxylic acids is 1. The van der Waals surface area contributed by atoms with E-state index in [1.165, 1.54) is 7.11 Å². The van der Waals surface area contributed by atoms with Crippen LogP contribution in [-0.4, -0.2) is 29.3 Å². The number of ether oxygens (including phenoxy) is 1. The molecule has 0 amide bonds. The van der Waals surface area contributed by atoms with Crippen LogP contribution >= 0.6 is 11.6 Å². The van der Waals surface area contributed by atoms with Gasteiger partial charge in [-0.25, -0.2) is 9.80 Å². The van der Waals surface area contributed by atoms with Crippen LogP contribution in [0.15, 0.2) is 53.4 Å². The van der Waals surface area contributed by atoms with Crippen molar-refractivity contribution in [3.8, 4) is 11.1 Å². The maximum absolute atomic E-state index is 12.5. The van der Waals surface area contributed by atoms with Gasteiger partial charge < -0.3 is 4.74 Å². The van der Waals surface area contributed by atoms with Gasteiger partial charge in [0.25, 0.3) is 0 Å². The minimum Gasteiger partial charge on any atom is -0.464 e. The SMILES string of the molecule is C/C=N\N1C(C(=O)OC)=C(C)c2nccc(-c3cccc(Cl)c3)c2/C1=C\C. The van der Waals surface area contributed by atoms with Crippen molar-refractivity contribution in [1.82, 2.24) is 9.99 Å². The molecule has 0 spiro atoms. The molecule has 0 aliphatic carbocycles. The molecule has 2 heterocycles. The predicted molar refractivity (Wildman–Crippen MR) is 109 cm³/mol. The molecule has 1 aliphatic rings. The van der Waals surface area contributed by atoms with E-state index in [9.17, 15) is 4.79 Å². The number of fused-ring (bicyclic) bond motifs is 1. The molecular weight excluding hydrogens is 362 g/mol. The van der Waals surface area contributed by atoms with Crippen LogP contribution in [0.1, 0.15) is 32.0 Å². The Labute approximate surface area is 163 Å². The Balaban J connectivity index is 2.37. The van der Waals surface area contributed by atoms with E-state index in [-0.39, 0.29) is 0 Å². The van der Waals surface area contributed by atoms with Crippen molar-refractivity contribution in [3.05, 3.63) is 64.6 Å². The van der Waals surface area contributed by atoms with E-state index in [4.69, 9.17) is 16.3 Å². The second-order valence-electron chi connectivity index (χ2n) is 5.92. The quantitative estimate of drug-likeness (QED) is 0.555. The highest BCUT2D eigenvalue weighted by Crippen LogP contribution is 2.42. The first-order valence-corrected chi connectivity index (χ1v) is 8.91. The summed E-state index contributed by atoms with van der Waals surface area (Å²) in [5.74, 6) is -0.460. The van der Waals surface area contributed by atoms with E-state index in [1.54, 1.807) is 24.3 Å². The molecule has 0 unspecified atom stereocenters. The second-order valence-corrected chi connectivity index (χ2v) is 6.35. The van der Waals surface area contributed by atoms with Crippen molar-refractivity contribution in [3.63, 3.8) is 0 Å². The lowest BCUT2D eigenvalue weighted by Gasteiger charge is -2.32. The Morgan fingerprint density at radius 2 is 2.07 bits per heavy atom. The number of esters is 1. The average molecular weight is 382 g/mol. The number of methoxy groups -OCH3 is 1. The smallest absolute Gasteiger partial charge is 0.357 e. The van der Waals surface area contributed by atoms with Crippen molar-refractivity contribution in [2.75, 3.05) is 7.11 Å². The lowest BCUT2D eigenvalue weighted by molar-refractivity contribution is -0.137. The van der Waals surface area contributed by atoms with Crippen LogP contribution in [0, 0.1) is 0 Å². The first kappa shape index (κ1) is 18.9. The third kappa shape index (κ3) is 3.26. The summed E-state index contributed by atoms with van der Waals surface area (Å²) in [6, 6.07) is 9.60. The predicted octanol–water partition coefficient (Wildman–Crippen LogP) is 4.99. The number of aromatic nitrogens is 1. The molecule has 138 valence electrons. The molecule has 0 N–H and O–H groups in total. The number of hydrogen-bond donors (Lipinski definition) is 0. The summed E-state index contributed by atoms with van der Waals surface area (Å²) in [7, 11) is 1.36. The van der Waals surface area contributed by atoms with E-state index < -0.39 is 5.97 Å². The van der Waals surface area contributed by atoms with Gasteiger partial charge in [0, 0.05) is 28.6 Å². The number of benzene rings is 1. The van der Waals surface area contributed by atoms with Gasteiger partial charge in [-0.3, -0.25) is 4.98 Å². The highest BCUT2D eigenvalue weighted by molar-refractivity contribution is 6.30.